The predicted octanol–water partition coefficient (Wildman–Crippen LogP) is 3.02. The molecule has 7 heteroatoms. The van der Waals surface area contributed by atoms with E-state index in [0.29, 0.717) is 18.5 Å². The third kappa shape index (κ3) is 3.32. The Balaban J connectivity index is 1.48. The summed E-state index contributed by atoms with van der Waals surface area (Å²) in [5.41, 5.74) is 3.23. The highest BCUT2D eigenvalue weighted by molar-refractivity contribution is 6.05. The van der Waals surface area contributed by atoms with Gasteiger partial charge >= 0.3 is 0 Å². The van der Waals surface area contributed by atoms with Crippen molar-refractivity contribution in [2.75, 3.05) is 13.3 Å². The zero-order valence-corrected chi connectivity index (χ0v) is 15.7. The molecule has 0 spiro atoms. The number of rotatable bonds is 5. The van der Waals surface area contributed by atoms with Crippen molar-refractivity contribution in [3.63, 3.8) is 0 Å². The van der Waals surface area contributed by atoms with Gasteiger partial charge in [0.25, 0.3) is 5.91 Å². The molecule has 2 aromatic heterocycles. The van der Waals surface area contributed by atoms with Gasteiger partial charge in [-0.25, -0.2) is 9.67 Å². The third-order valence-electron chi connectivity index (χ3n) is 4.56. The third-order valence-corrected chi connectivity index (χ3v) is 4.56. The fourth-order valence-corrected chi connectivity index (χ4v) is 3.22. The minimum atomic E-state index is -0.116. The van der Waals surface area contributed by atoms with Gasteiger partial charge in [0.2, 0.25) is 6.79 Å². The molecular formula is C20H22N4O3. The number of carbonyl (C=O) groups is 1. The molecule has 4 rings (SSSR count). The monoisotopic (exact) mass is 366 g/mol. The Morgan fingerprint density at radius 2 is 2.07 bits per heavy atom. The summed E-state index contributed by atoms with van der Waals surface area (Å²) in [5.74, 6) is 1.40. The standard InChI is InChI=1S/C20H22N4O3/c1-12(2)24-19-16(10-22-24)15(8-13(3)23-19)20(25)21-7-6-14-4-5-17-18(9-14)27-11-26-17/h4-5,8-10,12H,6-7,11H2,1-3H3,(H,21,25). The van der Waals surface area contributed by atoms with E-state index in [0.717, 1.165) is 33.8 Å². The molecule has 0 saturated carbocycles. The molecule has 1 aliphatic heterocycles. The average molecular weight is 366 g/mol. The summed E-state index contributed by atoms with van der Waals surface area (Å²) < 4.78 is 12.6. The molecule has 0 bridgehead atoms. The van der Waals surface area contributed by atoms with E-state index >= 15 is 0 Å². The molecule has 0 fully saturated rings. The number of benzene rings is 1. The summed E-state index contributed by atoms with van der Waals surface area (Å²) in [6.45, 7) is 6.76. The molecular weight excluding hydrogens is 344 g/mol. The number of nitrogens with zero attached hydrogens (tertiary/aromatic N) is 3. The molecule has 3 heterocycles. The van der Waals surface area contributed by atoms with Gasteiger partial charge in [0.1, 0.15) is 0 Å². The number of carbonyl (C=O) groups excluding carboxylic acids is 1. The van der Waals surface area contributed by atoms with E-state index in [9.17, 15) is 4.79 Å². The van der Waals surface area contributed by atoms with Crippen molar-refractivity contribution in [3.05, 3.63) is 47.3 Å². The molecule has 1 amide bonds. The van der Waals surface area contributed by atoms with Crippen LogP contribution in [0.4, 0.5) is 0 Å². The molecule has 1 N–H and O–H groups in total. The van der Waals surface area contributed by atoms with Crippen LogP contribution in [0.3, 0.4) is 0 Å². The Morgan fingerprint density at radius 3 is 2.89 bits per heavy atom. The highest BCUT2D eigenvalue weighted by Crippen LogP contribution is 2.32. The van der Waals surface area contributed by atoms with Gasteiger partial charge in [-0.05, 0) is 51.0 Å². The highest BCUT2D eigenvalue weighted by Gasteiger charge is 2.17. The van der Waals surface area contributed by atoms with E-state index in [4.69, 9.17) is 9.47 Å². The zero-order chi connectivity index (χ0) is 19.0. The maximum absolute atomic E-state index is 12.7. The maximum atomic E-state index is 12.7. The second kappa shape index (κ2) is 6.90. The topological polar surface area (TPSA) is 78.3 Å². The molecule has 0 saturated heterocycles. The largest absolute Gasteiger partial charge is 0.454 e. The molecule has 0 aliphatic carbocycles. The lowest BCUT2D eigenvalue weighted by Gasteiger charge is -2.10. The van der Waals surface area contributed by atoms with Crippen LogP contribution in [0.5, 0.6) is 11.5 Å². The number of ether oxygens (including phenoxy) is 2. The maximum Gasteiger partial charge on any atom is 0.252 e. The van der Waals surface area contributed by atoms with E-state index in [1.165, 1.54) is 0 Å². The summed E-state index contributed by atoms with van der Waals surface area (Å²) in [6, 6.07) is 7.83. The van der Waals surface area contributed by atoms with Gasteiger partial charge in [-0.15, -0.1) is 0 Å². The summed E-state index contributed by atoms with van der Waals surface area (Å²) in [6.07, 6.45) is 2.43. The molecule has 0 radical (unpaired) electrons. The first kappa shape index (κ1) is 17.3. The van der Waals surface area contributed by atoms with Gasteiger partial charge in [-0.1, -0.05) is 6.07 Å². The lowest BCUT2D eigenvalue weighted by atomic mass is 10.1. The van der Waals surface area contributed by atoms with Crippen molar-refractivity contribution in [2.45, 2.75) is 33.2 Å². The molecule has 3 aromatic rings. The first-order valence-corrected chi connectivity index (χ1v) is 9.04. The molecule has 0 unspecified atom stereocenters. The van der Waals surface area contributed by atoms with Crippen LogP contribution in [0, 0.1) is 6.92 Å². The number of aryl methyl sites for hydroxylation is 1. The number of hydrogen-bond donors (Lipinski definition) is 1. The number of nitrogens with one attached hydrogen (secondary N) is 1. The number of hydrogen-bond acceptors (Lipinski definition) is 5. The van der Waals surface area contributed by atoms with Crippen LogP contribution >= 0.6 is 0 Å². The zero-order valence-electron chi connectivity index (χ0n) is 15.7. The first-order chi connectivity index (χ1) is 13.0. The van der Waals surface area contributed by atoms with Crippen molar-refractivity contribution in [1.29, 1.82) is 0 Å². The van der Waals surface area contributed by atoms with Gasteiger partial charge in [0.15, 0.2) is 17.1 Å². The molecule has 1 aromatic carbocycles. The quantitative estimate of drug-likeness (QED) is 0.751. The second-order valence-corrected chi connectivity index (χ2v) is 6.92. The van der Waals surface area contributed by atoms with Crippen LogP contribution in [0.1, 0.15) is 41.5 Å². The SMILES string of the molecule is Cc1cc(C(=O)NCCc2ccc3c(c2)OCO3)c2cnn(C(C)C)c2n1. The van der Waals surface area contributed by atoms with E-state index in [1.54, 1.807) is 6.20 Å². The molecule has 0 atom stereocenters. The first-order valence-electron chi connectivity index (χ1n) is 9.04. The Morgan fingerprint density at radius 1 is 1.26 bits per heavy atom. The van der Waals surface area contributed by atoms with Crippen molar-refractivity contribution >= 4 is 16.9 Å². The Labute approximate surface area is 157 Å². The van der Waals surface area contributed by atoms with Crippen LogP contribution in [-0.4, -0.2) is 34.0 Å². The highest BCUT2D eigenvalue weighted by atomic mass is 16.7. The van der Waals surface area contributed by atoms with Gasteiger partial charge in [0, 0.05) is 18.3 Å². The summed E-state index contributed by atoms with van der Waals surface area (Å²) in [4.78, 5) is 17.3. The number of fused-ring (bicyclic) bond motifs is 2. The van der Waals surface area contributed by atoms with Crippen molar-refractivity contribution in [1.82, 2.24) is 20.1 Å². The molecule has 1 aliphatic rings. The van der Waals surface area contributed by atoms with E-state index < -0.39 is 0 Å². The van der Waals surface area contributed by atoms with Crippen molar-refractivity contribution < 1.29 is 14.3 Å². The average Bonchev–Trinajstić information content (AvgIpc) is 3.26. The van der Waals surface area contributed by atoms with Crippen LogP contribution in [0.15, 0.2) is 30.5 Å². The normalized spacial score (nSPS) is 12.7. The summed E-state index contributed by atoms with van der Waals surface area (Å²) >= 11 is 0. The van der Waals surface area contributed by atoms with Crippen LogP contribution < -0.4 is 14.8 Å². The van der Waals surface area contributed by atoms with E-state index in [-0.39, 0.29) is 18.7 Å². The van der Waals surface area contributed by atoms with Crippen LogP contribution in [0.2, 0.25) is 0 Å². The van der Waals surface area contributed by atoms with Gasteiger partial charge in [0.05, 0.1) is 17.1 Å². The smallest absolute Gasteiger partial charge is 0.252 e. The molecule has 140 valence electrons. The van der Waals surface area contributed by atoms with Crippen LogP contribution in [-0.2, 0) is 6.42 Å². The number of pyridine rings is 1. The molecule has 7 nitrogen and oxygen atoms in total. The summed E-state index contributed by atoms with van der Waals surface area (Å²) in [5, 5.41) is 8.16. The second-order valence-electron chi connectivity index (χ2n) is 6.92. The minimum absolute atomic E-state index is 0.116. The lowest BCUT2D eigenvalue weighted by Crippen LogP contribution is -2.26. The van der Waals surface area contributed by atoms with Crippen LogP contribution in [0.25, 0.3) is 11.0 Å². The molecule has 27 heavy (non-hydrogen) atoms. The Kier molecular flexibility index (Phi) is 4.43. The fourth-order valence-electron chi connectivity index (χ4n) is 3.22. The lowest BCUT2D eigenvalue weighted by molar-refractivity contribution is 0.0955. The van der Waals surface area contributed by atoms with Gasteiger partial charge in [-0.2, -0.15) is 5.10 Å². The van der Waals surface area contributed by atoms with E-state index in [1.807, 2.05) is 49.7 Å². The number of amides is 1. The summed E-state index contributed by atoms with van der Waals surface area (Å²) in [7, 11) is 0. The van der Waals surface area contributed by atoms with Crippen molar-refractivity contribution in [3.8, 4) is 11.5 Å². The van der Waals surface area contributed by atoms with Gasteiger partial charge in [-0.3, -0.25) is 4.79 Å². The minimum Gasteiger partial charge on any atom is -0.454 e. The Hall–Kier alpha value is -3.09. The van der Waals surface area contributed by atoms with E-state index in [2.05, 4.69) is 15.4 Å². The fraction of sp³-hybridized carbons (Fsp3) is 0.350. The Bertz CT molecular complexity index is 1010. The van der Waals surface area contributed by atoms with Gasteiger partial charge < -0.3 is 14.8 Å². The predicted molar refractivity (Wildman–Crippen MR) is 101 cm³/mol. The van der Waals surface area contributed by atoms with Crippen molar-refractivity contribution in [2.24, 2.45) is 0 Å². The number of aromatic nitrogens is 3.